The fraction of sp³-hybridized carbons (Fsp3) is 0.0833. The van der Waals surface area contributed by atoms with Crippen molar-refractivity contribution in [2.24, 2.45) is 0 Å². The molecule has 0 fully saturated rings. The second-order valence-electron chi connectivity index (χ2n) is 6.96. The van der Waals surface area contributed by atoms with Crippen LogP contribution in [0.1, 0.15) is 0 Å². The Morgan fingerprint density at radius 1 is 0.848 bits per heavy atom. The maximum Gasteiger partial charge on any atom is 0.243 e. The van der Waals surface area contributed by atoms with E-state index in [1.54, 1.807) is 24.3 Å². The van der Waals surface area contributed by atoms with E-state index in [1.807, 2.05) is 53.1 Å². The number of amides is 2. The summed E-state index contributed by atoms with van der Waals surface area (Å²) in [5.41, 5.74) is 2.17. The summed E-state index contributed by atoms with van der Waals surface area (Å²) in [7, 11) is 0. The van der Waals surface area contributed by atoms with Gasteiger partial charge in [0.25, 0.3) is 0 Å². The lowest BCUT2D eigenvalue weighted by Crippen LogP contribution is -2.33. The molecule has 1 aromatic heterocycles. The molecule has 0 radical (unpaired) electrons. The monoisotopic (exact) mass is 461 g/mol. The second kappa shape index (κ2) is 10.6. The van der Waals surface area contributed by atoms with Crippen molar-refractivity contribution in [3.05, 3.63) is 90.7 Å². The quantitative estimate of drug-likeness (QED) is 0.388. The van der Waals surface area contributed by atoms with E-state index in [4.69, 9.17) is 0 Å². The number of hydrogen-bond donors (Lipinski definition) is 2. The van der Waals surface area contributed by atoms with Crippen LogP contribution in [0.4, 0.5) is 10.1 Å². The van der Waals surface area contributed by atoms with Gasteiger partial charge in [-0.1, -0.05) is 48.2 Å². The van der Waals surface area contributed by atoms with E-state index in [-0.39, 0.29) is 29.9 Å². The van der Waals surface area contributed by atoms with Crippen LogP contribution < -0.4 is 10.6 Å². The van der Waals surface area contributed by atoms with Crippen molar-refractivity contribution in [2.75, 3.05) is 17.6 Å². The largest absolute Gasteiger partial charge is 0.346 e. The summed E-state index contributed by atoms with van der Waals surface area (Å²) in [5, 5.41) is 14.3. The predicted octanol–water partition coefficient (Wildman–Crippen LogP) is 3.92. The Kier molecular flexibility index (Phi) is 7.11. The van der Waals surface area contributed by atoms with E-state index in [1.165, 1.54) is 23.9 Å². The molecule has 4 aromatic rings. The standard InChI is InChI=1S/C24H20FN5O2S/c25-18-13-11-17(12-14-18)23-28-29-24(30(23)20-9-5-2-6-10-20)33-16-22(32)26-15-21(31)27-19-7-3-1-4-8-19/h1-14H,15-16H2,(H,26,32)(H,27,31). The van der Waals surface area contributed by atoms with Gasteiger partial charge in [-0.25, -0.2) is 4.39 Å². The lowest BCUT2D eigenvalue weighted by Gasteiger charge is -2.10. The van der Waals surface area contributed by atoms with E-state index in [2.05, 4.69) is 20.8 Å². The van der Waals surface area contributed by atoms with Gasteiger partial charge < -0.3 is 10.6 Å². The number of carbonyl (C=O) groups excluding carboxylic acids is 2. The molecule has 0 aliphatic heterocycles. The van der Waals surface area contributed by atoms with Crippen molar-refractivity contribution in [1.82, 2.24) is 20.1 Å². The fourth-order valence-electron chi connectivity index (χ4n) is 3.05. The summed E-state index contributed by atoms with van der Waals surface area (Å²) in [6.45, 7) is -0.138. The molecule has 166 valence electrons. The number of halogens is 1. The molecule has 0 saturated heterocycles. The normalized spacial score (nSPS) is 10.6. The van der Waals surface area contributed by atoms with Crippen molar-refractivity contribution in [2.45, 2.75) is 5.16 Å². The number of benzene rings is 3. The summed E-state index contributed by atoms with van der Waals surface area (Å²) in [4.78, 5) is 24.4. The summed E-state index contributed by atoms with van der Waals surface area (Å²) in [5.74, 6) is -0.384. The van der Waals surface area contributed by atoms with Crippen LogP contribution in [0.25, 0.3) is 17.1 Å². The number of nitrogens with one attached hydrogen (secondary N) is 2. The van der Waals surface area contributed by atoms with Gasteiger partial charge in [0.2, 0.25) is 11.8 Å². The number of anilines is 1. The van der Waals surface area contributed by atoms with Crippen LogP contribution in [-0.4, -0.2) is 38.9 Å². The number of para-hydroxylation sites is 2. The van der Waals surface area contributed by atoms with Gasteiger partial charge in [0, 0.05) is 16.9 Å². The lowest BCUT2D eigenvalue weighted by molar-refractivity contribution is -0.122. The Bertz CT molecular complexity index is 1230. The minimum absolute atomic E-state index is 0.0486. The molecule has 4 rings (SSSR count). The van der Waals surface area contributed by atoms with E-state index in [9.17, 15) is 14.0 Å². The molecule has 2 N–H and O–H groups in total. The molecular formula is C24H20FN5O2S. The lowest BCUT2D eigenvalue weighted by atomic mass is 10.2. The van der Waals surface area contributed by atoms with Crippen molar-refractivity contribution in [3.63, 3.8) is 0 Å². The van der Waals surface area contributed by atoms with Gasteiger partial charge in [0.15, 0.2) is 11.0 Å². The molecule has 2 amide bonds. The third-order valence-corrected chi connectivity index (χ3v) is 5.52. The molecule has 7 nitrogen and oxygen atoms in total. The number of hydrogen-bond acceptors (Lipinski definition) is 5. The summed E-state index contributed by atoms with van der Waals surface area (Å²) < 4.78 is 15.2. The van der Waals surface area contributed by atoms with Crippen molar-refractivity contribution in [3.8, 4) is 17.1 Å². The van der Waals surface area contributed by atoms with Gasteiger partial charge in [-0.15, -0.1) is 10.2 Å². The average molecular weight is 462 g/mol. The maximum absolute atomic E-state index is 13.4. The van der Waals surface area contributed by atoms with Gasteiger partial charge in [-0.2, -0.15) is 0 Å². The molecule has 0 unspecified atom stereocenters. The van der Waals surface area contributed by atoms with Crippen LogP contribution in [0.15, 0.2) is 90.1 Å². The van der Waals surface area contributed by atoms with Crippen LogP contribution in [0, 0.1) is 5.82 Å². The highest BCUT2D eigenvalue weighted by molar-refractivity contribution is 7.99. The third-order valence-electron chi connectivity index (χ3n) is 4.59. The zero-order valence-electron chi connectivity index (χ0n) is 17.4. The molecule has 3 aromatic carbocycles. The number of aromatic nitrogens is 3. The maximum atomic E-state index is 13.4. The summed E-state index contributed by atoms with van der Waals surface area (Å²) >= 11 is 1.20. The van der Waals surface area contributed by atoms with Crippen LogP contribution >= 0.6 is 11.8 Å². The Morgan fingerprint density at radius 2 is 1.52 bits per heavy atom. The molecular weight excluding hydrogens is 441 g/mol. The highest BCUT2D eigenvalue weighted by Gasteiger charge is 2.17. The molecule has 9 heteroatoms. The van der Waals surface area contributed by atoms with E-state index in [0.29, 0.717) is 22.2 Å². The highest BCUT2D eigenvalue weighted by Crippen LogP contribution is 2.28. The number of thioether (sulfide) groups is 1. The molecule has 0 aliphatic carbocycles. The first kappa shape index (κ1) is 22.2. The van der Waals surface area contributed by atoms with Crippen LogP contribution in [0.2, 0.25) is 0 Å². The van der Waals surface area contributed by atoms with Crippen molar-refractivity contribution < 1.29 is 14.0 Å². The Labute approximate surface area is 194 Å². The van der Waals surface area contributed by atoms with E-state index < -0.39 is 0 Å². The molecule has 1 heterocycles. The van der Waals surface area contributed by atoms with Gasteiger partial charge in [0.05, 0.1) is 12.3 Å². The molecule has 0 saturated carbocycles. The van der Waals surface area contributed by atoms with Gasteiger partial charge in [-0.3, -0.25) is 14.2 Å². The predicted molar refractivity (Wildman–Crippen MR) is 126 cm³/mol. The number of carbonyl (C=O) groups is 2. The fourth-order valence-corrected chi connectivity index (χ4v) is 3.83. The van der Waals surface area contributed by atoms with Gasteiger partial charge in [0.1, 0.15) is 5.82 Å². The Balaban J connectivity index is 1.43. The molecule has 0 atom stereocenters. The highest BCUT2D eigenvalue weighted by atomic mass is 32.2. The molecule has 33 heavy (non-hydrogen) atoms. The third kappa shape index (κ3) is 5.83. The minimum atomic E-state index is -0.341. The minimum Gasteiger partial charge on any atom is -0.346 e. The molecule has 0 spiro atoms. The first-order valence-corrected chi connectivity index (χ1v) is 11.1. The topological polar surface area (TPSA) is 88.9 Å². The number of nitrogens with zero attached hydrogens (tertiary/aromatic N) is 3. The van der Waals surface area contributed by atoms with Crippen molar-refractivity contribution in [1.29, 1.82) is 0 Å². The first-order chi connectivity index (χ1) is 16.1. The zero-order chi connectivity index (χ0) is 23.0. The smallest absolute Gasteiger partial charge is 0.243 e. The average Bonchev–Trinajstić information content (AvgIpc) is 3.27. The van der Waals surface area contributed by atoms with Gasteiger partial charge in [-0.05, 0) is 48.5 Å². The molecule has 0 aliphatic rings. The van der Waals surface area contributed by atoms with E-state index in [0.717, 1.165) is 5.69 Å². The van der Waals surface area contributed by atoms with Crippen LogP contribution in [-0.2, 0) is 9.59 Å². The SMILES string of the molecule is O=C(CSc1nnc(-c2ccc(F)cc2)n1-c1ccccc1)NCC(=O)Nc1ccccc1. The molecule has 0 bridgehead atoms. The van der Waals surface area contributed by atoms with Crippen LogP contribution in [0.5, 0.6) is 0 Å². The van der Waals surface area contributed by atoms with Gasteiger partial charge >= 0.3 is 0 Å². The van der Waals surface area contributed by atoms with E-state index >= 15 is 0 Å². The summed E-state index contributed by atoms with van der Waals surface area (Å²) in [6, 6.07) is 24.5. The summed E-state index contributed by atoms with van der Waals surface area (Å²) in [6.07, 6.45) is 0. The zero-order valence-corrected chi connectivity index (χ0v) is 18.3. The Morgan fingerprint density at radius 3 is 2.21 bits per heavy atom. The Hall–Kier alpha value is -3.98. The number of rotatable bonds is 8. The van der Waals surface area contributed by atoms with Crippen LogP contribution in [0.3, 0.4) is 0 Å². The first-order valence-electron chi connectivity index (χ1n) is 10.1. The second-order valence-corrected chi connectivity index (χ2v) is 7.91. The van der Waals surface area contributed by atoms with Crippen molar-refractivity contribution >= 4 is 29.3 Å².